The molecule has 5 nitrogen and oxygen atoms in total. The Balaban J connectivity index is 1.54. The standard InChI is InChI=1S/C27H23BrN2O3/c1-2-32-23-13-10-21(11-14-23)27(31)30-29-17-25-24-9-4-3-7-20(24)12-15-26(25)33-18-19-6-5-8-22(28)16-19/h3-17H,2,18H2,1H3,(H,30,31)/b29-17+. The summed E-state index contributed by atoms with van der Waals surface area (Å²) in [5, 5.41) is 6.26. The maximum absolute atomic E-state index is 12.5. The van der Waals surface area contributed by atoms with E-state index in [2.05, 4.69) is 26.5 Å². The molecule has 0 atom stereocenters. The molecule has 4 rings (SSSR count). The van der Waals surface area contributed by atoms with Crippen LogP contribution < -0.4 is 14.9 Å². The van der Waals surface area contributed by atoms with Gasteiger partial charge >= 0.3 is 0 Å². The van der Waals surface area contributed by atoms with E-state index in [0.717, 1.165) is 32.1 Å². The lowest BCUT2D eigenvalue weighted by Crippen LogP contribution is -2.17. The molecule has 0 radical (unpaired) electrons. The number of nitrogens with zero attached hydrogens (tertiary/aromatic N) is 1. The summed E-state index contributed by atoms with van der Waals surface area (Å²) in [6.07, 6.45) is 1.63. The van der Waals surface area contributed by atoms with Gasteiger partial charge in [-0.2, -0.15) is 5.10 Å². The van der Waals surface area contributed by atoms with Crippen LogP contribution in [0.2, 0.25) is 0 Å². The third kappa shape index (κ3) is 5.79. The van der Waals surface area contributed by atoms with Gasteiger partial charge in [-0.3, -0.25) is 4.79 Å². The lowest BCUT2D eigenvalue weighted by molar-refractivity contribution is 0.0955. The number of halogens is 1. The van der Waals surface area contributed by atoms with Crippen LogP contribution in [0.15, 0.2) is 94.5 Å². The van der Waals surface area contributed by atoms with Gasteiger partial charge in [-0.25, -0.2) is 5.43 Å². The molecule has 0 fully saturated rings. The zero-order valence-corrected chi connectivity index (χ0v) is 19.7. The molecule has 0 saturated carbocycles. The van der Waals surface area contributed by atoms with Crippen molar-refractivity contribution in [3.8, 4) is 11.5 Å². The normalized spacial score (nSPS) is 11.0. The van der Waals surface area contributed by atoms with E-state index in [0.29, 0.717) is 24.5 Å². The quantitative estimate of drug-likeness (QED) is 0.225. The molecule has 0 saturated heterocycles. The minimum Gasteiger partial charge on any atom is -0.494 e. The van der Waals surface area contributed by atoms with Gasteiger partial charge in [0, 0.05) is 15.6 Å². The van der Waals surface area contributed by atoms with E-state index >= 15 is 0 Å². The lowest BCUT2D eigenvalue weighted by atomic mass is 10.0. The van der Waals surface area contributed by atoms with Crippen molar-refractivity contribution in [2.24, 2.45) is 5.10 Å². The first-order chi connectivity index (χ1) is 16.1. The molecular formula is C27H23BrN2O3. The SMILES string of the molecule is CCOc1ccc(C(=O)N/N=C/c2c(OCc3cccc(Br)c3)ccc3ccccc23)cc1. The van der Waals surface area contributed by atoms with Gasteiger partial charge in [0.15, 0.2) is 0 Å². The maximum Gasteiger partial charge on any atom is 0.271 e. The van der Waals surface area contributed by atoms with Crippen molar-refractivity contribution in [1.82, 2.24) is 5.43 Å². The molecule has 0 aromatic heterocycles. The van der Waals surface area contributed by atoms with E-state index in [1.54, 1.807) is 30.5 Å². The van der Waals surface area contributed by atoms with E-state index in [1.807, 2.05) is 67.6 Å². The number of benzene rings is 4. The minimum atomic E-state index is -0.300. The number of hydrogen-bond donors (Lipinski definition) is 1. The Morgan fingerprint density at radius 1 is 0.970 bits per heavy atom. The maximum atomic E-state index is 12.5. The Kier molecular flexibility index (Phi) is 7.37. The van der Waals surface area contributed by atoms with Crippen LogP contribution in [0.3, 0.4) is 0 Å². The molecule has 4 aromatic carbocycles. The van der Waals surface area contributed by atoms with Crippen molar-refractivity contribution < 1.29 is 14.3 Å². The zero-order valence-electron chi connectivity index (χ0n) is 18.1. The van der Waals surface area contributed by atoms with Crippen LogP contribution in [0.5, 0.6) is 11.5 Å². The molecule has 0 aliphatic rings. The van der Waals surface area contributed by atoms with Crippen LogP contribution in [-0.4, -0.2) is 18.7 Å². The summed E-state index contributed by atoms with van der Waals surface area (Å²) in [7, 11) is 0. The molecular weight excluding hydrogens is 480 g/mol. The van der Waals surface area contributed by atoms with Crippen molar-refractivity contribution >= 4 is 38.8 Å². The molecule has 0 bridgehead atoms. The molecule has 1 N–H and O–H groups in total. The number of rotatable bonds is 8. The molecule has 166 valence electrons. The van der Waals surface area contributed by atoms with Crippen LogP contribution in [-0.2, 0) is 6.61 Å². The van der Waals surface area contributed by atoms with E-state index in [1.165, 1.54) is 0 Å². The van der Waals surface area contributed by atoms with Gasteiger partial charge in [0.1, 0.15) is 18.1 Å². The average molecular weight is 503 g/mol. The molecule has 4 aromatic rings. The van der Waals surface area contributed by atoms with Gasteiger partial charge in [0.05, 0.1) is 12.8 Å². The largest absolute Gasteiger partial charge is 0.494 e. The van der Waals surface area contributed by atoms with Crippen LogP contribution in [0, 0.1) is 0 Å². The Morgan fingerprint density at radius 2 is 1.79 bits per heavy atom. The number of hydrogen-bond acceptors (Lipinski definition) is 4. The van der Waals surface area contributed by atoms with Gasteiger partial charge in [-0.15, -0.1) is 0 Å². The van der Waals surface area contributed by atoms with E-state index in [4.69, 9.17) is 9.47 Å². The second-order valence-electron chi connectivity index (χ2n) is 7.27. The summed E-state index contributed by atoms with van der Waals surface area (Å²) in [4.78, 5) is 12.5. The number of carbonyl (C=O) groups is 1. The Morgan fingerprint density at radius 3 is 2.58 bits per heavy atom. The van der Waals surface area contributed by atoms with Crippen LogP contribution in [0.1, 0.15) is 28.4 Å². The zero-order chi connectivity index (χ0) is 23.0. The third-order valence-corrected chi connectivity index (χ3v) is 5.49. The highest BCUT2D eigenvalue weighted by atomic mass is 79.9. The summed E-state index contributed by atoms with van der Waals surface area (Å²) >= 11 is 3.49. The highest BCUT2D eigenvalue weighted by molar-refractivity contribution is 9.10. The molecule has 33 heavy (non-hydrogen) atoms. The number of fused-ring (bicyclic) bond motifs is 1. The highest BCUT2D eigenvalue weighted by Crippen LogP contribution is 2.27. The van der Waals surface area contributed by atoms with Crippen molar-refractivity contribution in [1.29, 1.82) is 0 Å². The molecule has 0 spiro atoms. The average Bonchev–Trinajstić information content (AvgIpc) is 2.84. The van der Waals surface area contributed by atoms with Crippen LogP contribution in [0.25, 0.3) is 10.8 Å². The molecule has 6 heteroatoms. The van der Waals surface area contributed by atoms with E-state index in [-0.39, 0.29) is 5.91 Å². The predicted octanol–water partition coefficient (Wildman–Crippen LogP) is 6.34. The van der Waals surface area contributed by atoms with Crippen molar-refractivity contribution in [2.45, 2.75) is 13.5 Å². The van der Waals surface area contributed by atoms with Crippen molar-refractivity contribution in [3.05, 3.63) is 106 Å². The summed E-state index contributed by atoms with van der Waals surface area (Å²) in [6.45, 7) is 2.91. The molecule has 0 aliphatic carbocycles. The van der Waals surface area contributed by atoms with Crippen LogP contribution in [0.4, 0.5) is 0 Å². The molecule has 0 aliphatic heterocycles. The van der Waals surface area contributed by atoms with E-state index in [9.17, 15) is 4.79 Å². The molecule has 0 unspecified atom stereocenters. The third-order valence-electron chi connectivity index (χ3n) is 5.00. The molecule has 0 heterocycles. The van der Waals surface area contributed by atoms with Gasteiger partial charge in [-0.05, 0) is 65.7 Å². The lowest BCUT2D eigenvalue weighted by Gasteiger charge is -2.12. The summed E-state index contributed by atoms with van der Waals surface area (Å²) in [5.74, 6) is 1.11. The van der Waals surface area contributed by atoms with Crippen molar-refractivity contribution in [2.75, 3.05) is 6.61 Å². The summed E-state index contributed by atoms with van der Waals surface area (Å²) < 4.78 is 12.5. The first-order valence-electron chi connectivity index (χ1n) is 10.6. The second-order valence-corrected chi connectivity index (χ2v) is 8.19. The van der Waals surface area contributed by atoms with Crippen molar-refractivity contribution in [3.63, 3.8) is 0 Å². The first-order valence-corrected chi connectivity index (χ1v) is 11.4. The van der Waals surface area contributed by atoms with Gasteiger partial charge in [-0.1, -0.05) is 58.4 Å². The number of carbonyl (C=O) groups excluding carboxylic acids is 1. The molecule has 1 amide bonds. The Labute approximate surface area is 201 Å². The predicted molar refractivity (Wildman–Crippen MR) is 135 cm³/mol. The smallest absolute Gasteiger partial charge is 0.271 e. The van der Waals surface area contributed by atoms with Gasteiger partial charge in [0.25, 0.3) is 5.91 Å². The first kappa shape index (κ1) is 22.6. The van der Waals surface area contributed by atoms with Gasteiger partial charge in [0.2, 0.25) is 0 Å². The Bertz CT molecular complexity index is 1290. The van der Waals surface area contributed by atoms with Gasteiger partial charge < -0.3 is 9.47 Å². The number of nitrogens with one attached hydrogen (secondary N) is 1. The fourth-order valence-corrected chi connectivity index (χ4v) is 3.86. The number of ether oxygens (including phenoxy) is 2. The summed E-state index contributed by atoms with van der Waals surface area (Å²) in [5.41, 5.74) is 4.95. The van der Waals surface area contributed by atoms with E-state index < -0.39 is 0 Å². The highest BCUT2D eigenvalue weighted by Gasteiger charge is 2.09. The fourth-order valence-electron chi connectivity index (χ4n) is 3.41. The van der Waals surface area contributed by atoms with Crippen LogP contribution >= 0.6 is 15.9 Å². The number of amides is 1. The monoisotopic (exact) mass is 502 g/mol. The number of hydrazone groups is 1. The minimum absolute atomic E-state index is 0.300. The topological polar surface area (TPSA) is 59.9 Å². The fraction of sp³-hybridized carbons (Fsp3) is 0.111. The Hall–Kier alpha value is -3.64. The second kappa shape index (κ2) is 10.8. The summed E-state index contributed by atoms with van der Waals surface area (Å²) in [6, 6.07) is 26.9.